The first-order chi connectivity index (χ1) is 10.1. The van der Waals surface area contributed by atoms with Gasteiger partial charge in [-0.3, -0.25) is 0 Å². The molecule has 0 saturated carbocycles. The average Bonchev–Trinajstić information content (AvgIpc) is 2.51. The van der Waals surface area contributed by atoms with E-state index in [1.54, 1.807) is 12.3 Å². The van der Waals surface area contributed by atoms with Gasteiger partial charge in [0.1, 0.15) is 11.6 Å². The predicted octanol–water partition coefficient (Wildman–Crippen LogP) is 1.57. The van der Waals surface area contributed by atoms with E-state index in [0.717, 1.165) is 48.9 Å². The molecule has 3 rings (SSSR count). The van der Waals surface area contributed by atoms with Gasteiger partial charge in [-0.15, -0.1) is 0 Å². The maximum Gasteiger partial charge on any atom is 0.161 e. The molecule has 0 radical (unpaired) electrons. The molecule has 110 valence electrons. The lowest BCUT2D eigenvalue weighted by atomic mass is 10.2. The molecule has 1 aliphatic heterocycles. The Kier molecular flexibility index (Phi) is 3.70. The first-order valence-corrected chi connectivity index (χ1v) is 7.05. The van der Waals surface area contributed by atoms with Crippen LogP contribution in [0.25, 0.3) is 11.4 Å². The minimum absolute atomic E-state index is 0.474. The van der Waals surface area contributed by atoms with Gasteiger partial charge in [0.25, 0.3) is 0 Å². The number of hydrogen-bond acceptors (Lipinski definition) is 6. The molecule has 0 amide bonds. The first-order valence-electron chi connectivity index (χ1n) is 7.05. The van der Waals surface area contributed by atoms with Crippen LogP contribution in [-0.2, 0) is 4.74 Å². The summed E-state index contributed by atoms with van der Waals surface area (Å²) in [6.45, 7) is 7.25. The molecule has 0 unspecified atom stereocenters. The summed E-state index contributed by atoms with van der Waals surface area (Å²) in [5, 5.41) is 0. The van der Waals surface area contributed by atoms with Gasteiger partial charge in [-0.1, -0.05) is 0 Å². The van der Waals surface area contributed by atoms with Crippen molar-refractivity contribution in [3.63, 3.8) is 0 Å². The molecule has 21 heavy (non-hydrogen) atoms. The molecule has 2 N–H and O–H groups in total. The van der Waals surface area contributed by atoms with E-state index in [-0.39, 0.29) is 0 Å². The van der Waals surface area contributed by atoms with E-state index in [9.17, 15) is 0 Å². The van der Waals surface area contributed by atoms with E-state index in [4.69, 9.17) is 15.5 Å². The Morgan fingerprint density at radius 3 is 2.67 bits per heavy atom. The van der Waals surface area contributed by atoms with Crippen LogP contribution >= 0.6 is 0 Å². The van der Waals surface area contributed by atoms with Crippen molar-refractivity contribution < 1.29 is 4.74 Å². The fraction of sp³-hybridized carbons (Fsp3) is 0.400. The summed E-state index contributed by atoms with van der Waals surface area (Å²) in [5.74, 6) is 2.15. The number of pyridine rings is 1. The van der Waals surface area contributed by atoms with Crippen molar-refractivity contribution in [2.75, 3.05) is 36.9 Å². The highest BCUT2D eigenvalue weighted by Crippen LogP contribution is 2.25. The maximum atomic E-state index is 5.75. The largest absolute Gasteiger partial charge is 0.384 e. The third-order valence-electron chi connectivity index (χ3n) is 3.71. The number of nitrogens with two attached hydrogens (primary N) is 1. The Morgan fingerprint density at radius 2 is 1.95 bits per heavy atom. The highest BCUT2D eigenvalue weighted by atomic mass is 16.5. The zero-order valence-electron chi connectivity index (χ0n) is 12.3. The number of aromatic nitrogens is 3. The van der Waals surface area contributed by atoms with Crippen LogP contribution in [0.4, 0.5) is 11.6 Å². The molecule has 2 aromatic rings. The number of hydrogen-bond donors (Lipinski definition) is 1. The smallest absolute Gasteiger partial charge is 0.161 e. The van der Waals surface area contributed by atoms with Crippen LogP contribution < -0.4 is 10.6 Å². The van der Waals surface area contributed by atoms with Gasteiger partial charge in [0.2, 0.25) is 0 Å². The Bertz CT molecular complexity index is 653. The molecular formula is C15H19N5O. The number of nitrogens with zero attached hydrogens (tertiary/aromatic N) is 4. The Labute approximate surface area is 124 Å². The Morgan fingerprint density at radius 1 is 1.19 bits per heavy atom. The van der Waals surface area contributed by atoms with Crippen molar-refractivity contribution in [2.24, 2.45) is 0 Å². The highest BCUT2D eigenvalue weighted by Gasteiger charge is 2.18. The van der Waals surface area contributed by atoms with E-state index in [2.05, 4.69) is 21.8 Å². The molecule has 0 aromatic carbocycles. The average molecular weight is 285 g/mol. The predicted molar refractivity (Wildman–Crippen MR) is 82.2 cm³/mol. The van der Waals surface area contributed by atoms with Gasteiger partial charge in [0.15, 0.2) is 5.82 Å². The van der Waals surface area contributed by atoms with Gasteiger partial charge in [-0.2, -0.15) is 0 Å². The molecule has 0 atom stereocenters. The monoisotopic (exact) mass is 285 g/mol. The Hall–Kier alpha value is -2.21. The minimum Gasteiger partial charge on any atom is -0.384 e. The molecule has 0 spiro atoms. The lowest BCUT2D eigenvalue weighted by Crippen LogP contribution is -2.37. The van der Waals surface area contributed by atoms with E-state index in [0.29, 0.717) is 11.6 Å². The lowest BCUT2D eigenvalue weighted by molar-refractivity contribution is 0.122. The van der Waals surface area contributed by atoms with Gasteiger partial charge in [-0.25, -0.2) is 15.0 Å². The SMILES string of the molecule is Cc1nc(-c2ccnc(N)c2)nc(N2CCOCC2)c1C. The maximum absolute atomic E-state index is 5.75. The fourth-order valence-corrected chi connectivity index (χ4v) is 2.41. The molecule has 1 aliphatic rings. The quantitative estimate of drug-likeness (QED) is 0.902. The summed E-state index contributed by atoms with van der Waals surface area (Å²) in [5.41, 5.74) is 8.74. The normalized spacial score (nSPS) is 15.2. The number of aryl methyl sites for hydroxylation is 1. The second kappa shape index (κ2) is 5.65. The van der Waals surface area contributed by atoms with Crippen LogP contribution in [-0.4, -0.2) is 41.3 Å². The topological polar surface area (TPSA) is 77.2 Å². The molecule has 2 aromatic heterocycles. The summed E-state index contributed by atoms with van der Waals surface area (Å²) in [6.07, 6.45) is 1.68. The molecule has 1 fully saturated rings. The van der Waals surface area contributed by atoms with Gasteiger partial charge in [0, 0.05) is 36.1 Å². The van der Waals surface area contributed by atoms with E-state index in [1.807, 2.05) is 13.0 Å². The van der Waals surface area contributed by atoms with Gasteiger partial charge in [-0.05, 0) is 26.0 Å². The lowest BCUT2D eigenvalue weighted by Gasteiger charge is -2.29. The fourth-order valence-electron chi connectivity index (χ4n) is 2.41. The van der Waals surface area contributed by atoms with Crippen LogP contribution in [0, 0.1) is 13.8 Å². The molecule has 3 heterocycles. The molecular weight excluding hydrogens is 266 g/mol. The van der Waals surface area contributed by atoms with Crippen molar-refractivity contribution in [1.29, 1.82) is 0 Å². The molecule has 0 aliphatic carbocycles. The third kappa shape index (κ3) is 2.80. The molecule has 6 heteroatoms. The van der Waals surface area contributed by atoms with Crippen LogP contribution in [0.15, 0.2) is 18.3 Å². The second-order valence-electron chi connectivity index (χ2n) is 5.15. The van der Waals surface area contributed by atoms with Crippen molar-refractivity contribution >= 4 is 11.6 Å². The number of nitrogen functional groups attached to an aromatic ring is 1. The van der Waals surface area contributed by atoms with E-state index < -0.39 is 0 Å². The van der Waals surface area contributed by atoms with Crippen LogP contribution in [0.1, 0.15) is 11.3 Å². The first kappa shape index (κ1) is 13.8. The summed E-state index contributed by atoms with van der Waals surface area (Å²) in [4.78, 5) is 15.6. The second-order valence-corrected chi connectivity index (χ2v) is 5.15. The van der Waals surface area contributed by atoms with E-state index >= 15 is 0 Å². The number of rotatable bonds is 2. The molecule has 6 nitrogen and oxygen atoms in total. The summed E-state index contributed by atoms with van der Waals surface area (Å²) in [7, 11) is 0. The minimum atomic E-state index is 0.474. The number of ether oxygens (including phenoxy) is 1. The summed E-state index contributed by atoms with van der Waals surface area (Å²) < 4.78 is 5.41. The van der Waals surface area contributed by atoms with Crippen molar-refractivity contribution in [3.05, 3.63) is 29.6 Å². The number of morpholine rings is 1. The number of anilines is 2. The zero-order valence-corrected chi connectivity index (χ0v) is 12.3. The zero-order chi connectivity index (χ0) is 14.8. The third-order valence-corrected chi connectivity index (χ3v) is 3.71. The highest BCUT2D eigenvalue weighted by molar-refractivity contribution is 5.62. The van der Waals surface area contributed by atoms with Crippen LogP contribution in [0.2, 0.25) is 0 Å². The van der Waals surface area contributed by atoms with Crippen LogP contribution in [0.5, 0.6) is 0 Å². The Balaban J connectivity index is 2.04. The standard InChI is InChI=1S/C15H19N5O/c1-10-11(2)18-14(12-3-4-17-13(16)9-12)19-15(10)20-5-7-21-8-6-20/h3-4,9H,5-8H2,1-2H3,(H2,16,17). The van der Waals surface area contributed by atoms with Gasteiger partial charge < -0.3 is 15.4 Å². The van der Waals surface area contributed by atoms with Gasteiger partial charge in [0.05, 0.1) is 13.2 Å². The van der Waals surface area contributed by atoms with Crippen molar-refractivity contribution in [1.82, 2.24) is 15.0 Å². The van der Waals surface area contributed by atoms with Crippen molar-refractivity contribution in [2.45, 2.75) is 13.8 Å². The van der Waals surface area contributed by atoms with E-state index in [1.165, 1.54) is 0 Å². The summed E-state index contributed by atoms with van der Waals surface area (Å²) in [6, 6.07) is 3.68. The molecule has 1 saturated heterocycles. The molecule has 0 bridgehead atoms. The summed E-state index contributed by atoms with van der Waals surface area (Å²) >= 11 is 0. The van der Waals surface area contributed by atoms with Crippen LogP contribution in [0.3, 0.4) is 0 Å². The van der Waals surface area contributed by atoms with Crippen molar-refractivity contribution in [3.8, 4) is 11.4 Å². The van der Waals surface area contributed by atoms with Gasteiger partial charge >= 0.3 is 0 Å².